The molecule has 0 heterocycles. The van der Waals surface area contributed by atoms with Gasteiger partial charge in [-0.2, -0.15) is 0 Å². The van der Waals surface area contributed by atoms with E-state index in [1.807, 2.05) is 6.92 Å². The SMILES string of the molecule is CCCN(CC(=O)N(C)C)C(C)CCC(=O)NN. The lowest BCUT2D eigenvalue weighted by Gasteiger charge is -2.29. The number of rotatable bonds is 8. The zero-order valence-corrected chi connectivity index (χ0v) is 11.9. The zero-order chi connectivity index (χ0) is 14.1. The van der Waals surface area contributed by atoms with Crippen LogP contribution in [0.4, 0.5) is 0 Å². The van der Waals surface area contributed by atoms with Crippen molar-refractivity contribution in [1.29, 1.82) is 0 Å². The van der Waals surface area contributed by atoms with Crippen LogP contribution in [-0.4, -0.2) is 54.8 Å². The maximum absolute atomic E-state index is 11.7. The Balaban J connectivity index is 4.30. The van der Waals surface area contributed by atoms with Crippen molar-refractivity contribution in [2.75, 3.05) is 27.2 Å². The Morgan fingerprint density at radius 1 is 1.33 bits per heavy atom. The Morgan fingerprint density at radius 2 is 1.94 bits per heavy atom. The Morgan fingerprint density at radius 3 is 2.39 bits per heavy atom. The van der Waals surface area contributed by atoms with Crippen molar-refractivity contribution in [1.82, 2.24) is 15.2 Å². The Bertz CT molecular complexity index is 269. The molecule has 106 valence electrons. The standard InChI is InChI=1S/C12H26N4O2/c1-5-8-16(9-12(18)15(3)4)10(2)6-7-11(17)14-13/h10H,5-9,13H2,1-4H3,(H,14,17). The quantitative estimate of drug-likeness (QED) is 0.363. The molecule has 0 aromatic carbocycles. The van der Waals surface area contributed by atoms with Gasteiger partial charge in [-0.3, -0.25) is 19.9 Å². The fraction of sp³-hybridized carbons (Fsp3) is 0.833. The summed E-state index contributed by atoms with van der Waals surface area (Å²) in [5.74, 6) is 4.95. The minimum Gasteiger partial charge on any atom is -0.348 e. The summed E-state index contributed by atoms with van der Waals surface area (Å²) in [5, 5.41) is 0. The first-order chi connectivity index (χ1) is 8.42. The number of nitrogens with two attached hydrogens (primary N) is 1. The van der Waals surface area contributed by atoms with Gasteiger partial charge in [-0.15, -0.1) is 0 Å². The van der Waals surface area contributed by atoms with E-state index in [9.17, 15) is 9.59 Å². The second kappa shape index (κ2) is 8.88. The number of nitrogens with one attached hydrogen (secondary N) is 1. The maximum atomic E-state index is 11.7. The molecule has 6 heteroatoms. The van der Waals surface area contributed by atoms with Crippen molar-refractivity contribution >= 4 is 11.8 Å². The molecule has 6 nitrogen and oxygen atoms in total. The van der Waals surface area contributed by atoms with Crippen molar-refractivity contribution in [3.8, 4) is 0 Å². The zero-order valence-electron chi connectivity index (χ0n) is 11.9. The third-order valence-electron chi connectivity index (χ3n) is 2.92. The number of carbonyl (C=O) groups excluding carboxylic acids is 2. The predicted octanol–water partition coefficient (Wildman–Crippen LogP) is -0.0548. The topological polar surface area (TPSA) is 78.7 Å². The van der Waals surface area contributed by atoms with E-state index < -0.39 is 0 Å². The first kappa shape index (κ1) is 16.9. The molecule has 0 spiro atoms. The molecule has 0 rings (SSSR count). The molecule has 18 heavy (non-hydrogen) atoms. The van der Waals surface area contributed by atoms with Gasteiger partial charge in [0, 0.05) is 26.6 Å². The average Bonchev–Trinajstić information content (AvgIpc) is 2.34. The van der Waals surface area contributed by atoms with Crippen LogP contribution in [0.5, 0.6) is 0 Å². The summed E-state index contributed by atoms with van der Waals surface area (Å²) in [4.78, 5) is 26.5. The second-order valence-electron chi connectivity index (χ2n) is 4.71. The van der Waals surface area contributed by atoms with E-state index in [4.69, 9.17) is 5.84 Å². The van der Waals surface area contributed by atoms with Crippen LogP contribution in [0.15, 0.2) is 0 Å². The lowest BCUT2D eigenvalue weighted by atomic mass is 10.1. The van der Waals surface area contributed by atoms with Gasteiger partial charge in [-0.05, 0) is 26.3 Å². The average molecular weight is 258 g/mol. The molecule has 2 amide bonds. The maximum Gasteiger partial charge on any atom is 0.236 e. The molecule has 0 fully saturated rings. The van der Waals surface area contributed by atoms with Crippen LogP contribution in [-0.2, 0) is 9.59 Å². The van der Waals surface area contributed by atoms with Crippen LogP contribution in [0.25, 0.3) is 0 Å². The molecule has 0 aromatic rings. The molecule has 1 atom stereocenters. The third kappa shape index (κ3) is 6.56. The van der Waals surface area contributed by atoms with Crippen LogP contribution in [0.1, 0.15) is 33.1 Å². The van der Waals surface area contributed by atoms with E-state index in [0.29, 0.717) is 19.4 Å². The van der Waals surface area contributed by atoms with Gasteiger partial charge in [0.15, 0.2) is 0 Å². The summed E-state index contributed by atoms with van der Waals surface area (Å²) >= 11 is 0. The molecular weight excluding hydrogens is 232 g/mol. The van der Waals surface area contributed by atoms with Crippen LogP contribution in [0.3, 0.4) is 0 Å². The van der Waals surface area contributed by atoms with E-state index in [0.717, 1.165) is 13.0 Å². The van der Waals surface area contributed by atoms with Crippen molar-refractivity contribution in [2.24, 2.45) is 5.84 Å². The van der Waals surface area contributed by atoms with Crippen LogP contribution in [0, 0.1) is 0 Å². The fourth-order valence-electron chi connectivity index (χ4n) is 1.65. The van der Waals surface area contributed by atoms with E-state index in [-0.39, 0.29) is 17.9 Å². The molecule has 0 aliphatic rings. The van der Waals surface area contributed by atoms with Crippen LogP contribution in [0.2, 0.25) is 0 Å². The number of nitrogens with zero attached hydrogens (tertiary/aromatic N) is 2. The minimum atomic E-state index is -0.169. The lowest BCUT2D eigenvalue weighted by molar-refractivity contribution is -0.130. The molecular formula is C12H26N4O2. The highest BCUT2D eigenvalue weighted by Gasteiger charge is 2.18. The molecule has 3 N–H and O–H groups in total. The van der Waals surface area contributed by atoms with Gasteiger partial charge in [0.2, 0.25) is 11.8 Å². The number of hydrazine groups is 1. The molecule has 0 radical (unpaired) electrons. The first-order valence-electron chi connectivity index (χ1n) is 6.36. The van der Waals surface area contributed by atoms with Crippen LogP contribution >= 0.6 is 0 Å². The molecule has 0 bridgehead atoms. The second-order valence-corrected chi connectivity index (χ2v) is 4.71. The number of amides is 2. The molecule has 0 saturated heterocycles. The first-order valence-corrected chi connectivity index (χ1v) is 6.36. The molecule has 0 aromatic heterocycles. The van der Waals surface area contributed by atoms with Gasteiger partial charge < -0.3 is 4.90 Å². The van der Waals surface area contributed by atoms with Gasteiger partial charge >= 0.3 is 0 Å². The van der Waals surface area contributed by atoms with Gasteiger partial charge in [0.05, 0.1) is 6.54 Å². The van der Waals surface area contributed by atoms with Crippen LogP contribution < -0.4 is 11.3 Å². The van der Waals surface area contributed by atoms with E-state index in [2.05, 4.69) is 17.2 Å². The number of carbonyl (C=O) groups is 2. The smallest absolute Gasteiger partial charge is 0.236 e. The monoisotopic (exact) mass is 258 g/mol. The molecule has 1 unspecified atom stereocenters. The Hall–Kier alpha value is -1.14. The Labute approximate surface area is 109 Å². The molecule has 0 saturated carbocycles. The van der Waals surface area contributed by atoms with Gasteiger partial charge in [-0.25, -0.2) is 5.84 Å². The largest absolute Gasteiger partial charge is 0.348 e. The van der Waals surface area contributed by atoms with E-state index in [1.165, 1.54) is 0 Å². The van der Waals surface area contributed by atoms with Crippen molar-refractivity contribution in [2.45, 2.75) is 39.2 Å². The highest BCUT2D eigenvalue weighted by atomic mass is 16.2. The normalized spacial score (nSPS) is 12.3. The molecule has 0 aliphatic heterocycles. The highest BCUT2D eigenvalue weighted by Crippen LogP contribution is 2.08. The van der Waals surface area contributed by atoms with Gasteiger partial charge in [0.1, 0.15) is 0 Å². The summed E-state index contributed by atoms with van der Waals surface area (Å²) in [7, 11) is 3.50. The van der Waals surface area contributed by atoms with Crippen molar-refractivity contribution in [3.63, 3.8) is 0 Å². The lowest BCUT2D eigenvalue weighted by Crippen LogP contribution is -2.42. The van der Waals surface area contributed by atoms with Crippen molar-refractivity contribution in [3.05, 3.63) is 0 Å². The number of hydrogen-bond donors (Lipinski definition) is 2. The fourth-order valence-corrected chi connectivity index (χ4v) is 1.65. The predicted molar refractivity (Wildman–Crippen MR) is 71.6 cm³/mol. The number of hydrogen-bond acceptors (Lipinski definition) is 4. The van der Waals surface area contributed by atoms with Gasteiger partial charge in [-0.1, -0.05) is 6.92 Å². The third-order valence-corrected chi connectivity index (χ3v) is 2.92. The summed E-state index contributed by atoms with van der Waals surface area (Å²) < 4.78 is 0. The Kier molecular flexibility index (Phi) is 8.32. The summed E-state index contributed by atoms with van der Waals surface area (Å²) in [6.07, 6.45) is 2.06. The number of likely N-dealkylation sites (N-methyl/N-ethyl adjacent to an activating group) is 1. The summed E-state index contributed by atoms with van der Waals surface area (Å²) in [6.45, 7) is 5.35. The van der Waals surface area contributed by atoms with Gasteiger partial charge in [0.25, 0.3) is 0 Å². The highest BCUT2D eigenvalue weighted by molar-refractivity contribution is 5.77. The molecule has 0 aliphatic carbocycles. The summed E-state index contributed by atoms with van der Waals surface area (Å²) in [5.41, 5.74) is 2.12. The summed E-state index contributed by atoms with van der Waals surface area (Å²) in [6, 6.07) is 0.186. The van der Waals surface area contributed by atoms with E-state index in [1.54, 1.807) is 19.0 Å². The van der Waals surface area contributed by atoms with Crippen molar-refractivity contribution < 1.29 is 9.59 Å². The minimum absolute atomic E-state index is 0.0820. The van der Waals surface area contributed by atoms with E-state index >= 15 is 0 Å².